The summed E-state index contributed by atoms with van der Waals surface area (Å²) < 4.78 is 70.6. The molecule has 11 heteroatoms. The van der Waals surface area contributed by atoms with Crippen LogP contribution in [0.3, 0.4) is 0 Å². The van der Waals surface area contributed by atoms with Gasteiger partial charge in [-0.1, -0.05) is 0 Å². The van der Waals surface area contributed by atoms with Crippen molar-refractivity contribution in [1.29, 1.82) is 0 Å². The van der Waals surface area contributed by atoms with Gasteiger partial charge < -0.3 is 9.64 Å². The Balaban J connectivity index is 2.00. The molecule has 1 unspecified atom stereocenters. The van der Waals surface area contributed by atoms with Crippen LogP contribution in [-0.2, 0) is 17.5 Å². The Morgan fingerprint density at radius 1 is 1.38 bits per heavy atom. The summed E-state index contributed by atoms with van der Waals surface area (Å²) in [5.41, 5.74) is -1.60. The van der Waals surface area contributed by atoms with Crippen LogP contribution in [0.1, 0.15) is 17.8 Å². The summed E-state index contributed by atoms with van der Waals surface area (Å²) in [6.07, 6.45) is -6.24. The minimum Gasteiger partial charge on any atom is -0.480 e. The van der Waals surface area contributed by atoms with Gasteiger partial charge in [-0.3, -0.25) is 4.79 Å². The summed E-state index contributed by atoms with van der Waals surface area (Å²) in [5.74, 6) is -1.19. The number of amides is 1. The number of rotatable bonds is 4. The second-order valence-electron chi connectivity index (χ2n) is 5.75. The van der Waals surface area contributed by atoms with Crippen LogP contribution in [0.5, 0.6) is 5.88 Å². The van der Waals surface area contributed by atoms with Crippen LogP contribution in [0.2, 0.25) is 0 Å². The first-order chi connectivity index (χ1) is 12.2. The number of ether oxygens (including phenoxy) is 1. The summed E-state index contributed by atoms with van der Waals surface area (Å²) in [6.45, 7) is -0.558. The van der Waals surface area contributed by atoms with Gasteiger partial charge in [0.05, 0.1) is 19.3 Å². The molecule has 1 amide bonds. The van der Waals surface area contributed by atoms with E-state index >= 15 is 0 Å². The average Bonchev–Trinajstić information content (AvgIpc) is 3.07. The summed E-state index contributed by atoms with van der Waals surface area (Å²) in [4.78, 5) is 16.6. The number of likely N-dealkylation sites (tertiary alicyclic amines) is 1. The quantitative estimate of drug-likeness (QED) is 0.770. The lowest BCUT2D eigenvalue weighted by atomic mass is 10.1. The van der Waals surface area contributed by atoms with E-state index in [2.05, 4.69) is 10.1 Å². The summed E-state index contributed by atoms with van der Waals surface area (Å²) >= 11 is 0. The second kappa shape index (κ2) is 6.54. The Labute approximate surface area is 143 Å². The number of halogens is 5. The van der Waals surface area contributed by atoms with Crippen molar-refractivity contribution in [3.8, 4) is 5.88 Å². The Morgan fingerprint density at radius 3 is 2.73 bits per heavy atom. The van der Waals surface area contributed by atoms with Crippen molar-refractivity contribution in [2.24, 2.45) is 5.92 Å². The zero-order valence-corrected chi connectivity index (χ0v) is 13.4. The van der Waals surface area contributed by atoms with E-state index in [4.69, 9.17) is 4.74 Å². The Kier molecular flexibility index (Phi) is 4.55. The van der Waals surface area contributed by atoms with Crippen molar-refractivity contribution in [1.82, 2.24) is 19.5 Å². The Morgan fingerprint density at radius 2 is 2.12 bits per heavy atom. The minimum atomic E-state index is -4.76. The molecular formula is C15H13F5N4O2. The number of carbonyl (C=O) groups excluding carboxylic acids is 1. The van der Waals surface area contributed by atoms with Crippen LogP contribution in [-0.4, -0.2) is 39.1 Å². The lowest BCUT2D eigenvalue weighted by Crippen LogP contribution is -2.27. The summed E-state index contributed by atoms with van der Waals surface area (Å²) in [5, 5.41) is 3.92. The van der Waals surface area contributed by atoms with Crippen molar-refractivity contribution in [3.63, 3.8) is 0 Å². The fourth-order valence-electron chi connectivity index (χ4n) is 2.87. The zero-order valence-electron chi connectivity index (χ0n) is 13.4. The normalized spacial score (nSPS) is 17.8. The van der Waals surface area contributed by atoms with E-state index in [9.17, 15) is 26.7 Å². The van der Waals surface area contributed by atoms with Gasteiger partial charge in [-0.05, 0) is 12.1 Å². The first-order valence-corrected chi connectivity index (χ1v) is 7.49. The third kappa shape index (κ3) is 3.46. The molecule has 140 valence electrons. The largest absolute Gasteiger partial charge is 0.480 e. The number of fused-ring (bicyclic) bond motifs is 1. The highest BCUT2D eigenvalue weighted by Crippen LogP contribution is 2.33. The van der Waals surface area contributed by atoms with Crippen molar-refractivity contribution in [3.05, 3.63) is 35.7 Å². The van der Waals surface area contributed by atoms with Gasteiger partial charge in [-0.2, -0.15) is 22.0 Å². The Bertz CT molecular complexity index is 873. The van der Waals surface area contributed by atoms with Crippen LogP contribution >= 0.6 is 0 Å². The van der Waals surface area contributed by atoms with Crippen LogP contribution in [0.15, 0.2) is 24.3 Å². The second-order valence-corrected chi connectivity index (χ2v) is 5.75. The van der Waals surface area contributed by atoms with E-state index in [0.29, 0.717) is 6.08 Å². The predicted molar refractivity (Wildman–Crippen MR) is 78.4 cm³/mol. The molecule has 0 aromatic carbocycles. The Hall–Kier alpha value is -2.72. The molecule has 3 heterocycles. The molecule has 1 saturated heterocycles. The highest BCUT2D eigenvalue weighted by atomic mass is 19.4. The molecule has 1 atom stereocenters. The van der Waals surface area contributed by atoms with Gasteiger partial charge in [0, 0.05) is 24.9 Å². The minimum absolute atomic E-state index is 0.0639. The van der Waals surface area contributed by atoms with Gasteiger partial charge in [0.2, 0.25) is 11.8 Å². The standard InChI is InChI=1S/C15H13F5N4O2/c1-26-12-3-2-11-21-14(15(18,19)20)9(24(11)22-12)7-23-6-8(4-10(16)17)5-13(23)25/h2-4,8H,5-7H2,1H3. The van der Waals surface area contributed by atoms with Gasteiger partial charge in [-0.25, -0.2) is 9.50 Å². The molecule has 1 fully saturated rings. The number of carbonyl (C=O) groups is 1. The fraction of sp³-hybridized carbons (Fsp3) is 0.400. The van der Waals surface area contributed by atoms with E-state index in [0.717, 1.165) is 9.42 Å². The molecule has 2 aromatic rings. The van der Waals surface area contributed by atoms with Crippen LogP contribution < -0.4 is 4.74 Å². The van der Waals surface area contributed by atoms with Gasteiger partial charge in [0.25, 0.3) is 6.08 Å². The molecule has 0 bridgehead atoms. The molecule has 2 aromatic heterocycles. The topological polar surface area (TPSA) is 59.7 Å². The molecule has 26 heavy (non-hydrogen) atoms. The van der Waals surface area contributed by atoms with Crippen molar-refractivity contribution in [2.75, 3.05) is 13.7 Å². The van der Waals surface area contributed by atoms with E-state index < -0.39 is 36.3 Å². The number of aromatic nitrogens is 3. The number of imidazole rings is 1. The maximum Gasteiger partial charge on any atom is 0.435 e. The number of nitrogens with zero attached hydrogens (tertiary/aromatic N) is 4. The molecular weight excluding hydrogens is 363 g/mol. The first kappa shape index (κ1) is 18.1. The highest BCUT2D eigenvalue weighted by molar-refractivity contribution is 5.79. The fourth-order valence-corrected chi connectivity index (χ4v) is 2.87. The maximum atomic E-state index is 13.3. The van der Waals surface area contributed by atoms with Crippen LogP contribution in [0.4, 0.5) is 22.0 Å². The van der Waals surface area contributed by atoms with Crippen LogP contribution in [0.25, 0.3) is 5.65 Å². The monoisotopic (exact) mass is 376 g/mol. The molecule has 0 radical (unpaired) electrons. The number of alkyl halides is 3. The predicted octanol–water partition coefficient (Wildman–Crippen LogP) is 2.89. The van der Waals surface area contributed by atoms with Gasteiger partial charge in [-0.15, -0.1) is 5.10 Å². The van der Waals surface area contributed by atoms with Crippen molar-refractivity contribution in [2.45, 2.75) is 19.1 Å². The summed E-state index contributed by atoms with van der Waals surface area (Å²) in [6, 6.07) is 2.67. The van der Waals surface area contributed by atoms with E-state index in [-0.39, 0.29) is 30.2 Å². The number of hydrogen-bond acceptors (Lipinski definition) is 4. The molecule has 0 aliphatic carbocycles. The van der Waals surface area contributed by atoms with Gasteiger partial charge >= 0.3 is 6.18 Å². The third-order valence-corrected chi connectivity index (χ3v) is 3.97. The molecule has 0 saturated carbocycles. The van der Waals surface area contributed by atoms with E-state index in [1.54, 1.807) is 0 Å². The molecule has 6 nitrogen and oxygen atoms in total. The van der Waals surface area contributed by atoms with Gasteiger partial charge in [0.1, 0.15) is 0 Å². The molecule has 1 aliphatic rings. The smallest absolute Gasteiger partial charge is 0.435 e. The van der Waals surface area contributed by atoms with Crippen LogP contribution in [0, 0.1) is 5.92 Å². The first-order valence-electron chi connectivity index (χ1n) is 7.49. The number of methoxy groups -OCH3 is 1. The molecule has 0 N–H and O–H groups in total. The lowest BCUT2D eigenvalue weighted by molar-refractivity contribution is -0.142. The SMILES string of the molecule is COc1ccc2nc(C(F)(F)F)c(CN3CC(C=C(F)F)CC3=O)n2n1. The average molecular weight is 376 g/mol. The van der Waals surface area contributed by atoms with Crippen molar-refractivity contribution < 1.29 is 31.5 Å². The highest BCUT2D eigenvalue weighted by Gasteiger charge is 2.40. The number of hydrogen-bond donors (Lipinski definition) is 0. The van der Waals surface area contributed by atoms with Gasteiger partial charge in [0.15, 0.2) is 11.3 Å². The molecule has 1 aliphatic heterocycles. The molecule has 0 spiro atoms. The van der Waals surface area contributed by atoms with E-state index in [1.807, 2.05) is 0 Å². The van der Waals surface area contributed by atoms with Crippen molar-refractivity contribution >= 4 is 11.6 Å². The van der Waals surface area contributed by atoms with E-state index in [1.165, 1.54) is 19.2 Å². The lowest BCUT2D eigenvalue weighted by Gasteiger charge is -2.17. The summed E-state index contributed by atoms with van der Waals surface area (Å²) in [7, 11) is 1.31. The zero-order chi connectivity index (χ0) is 19.1. The third-order valence-electron chi connectivity index (χ3n) is 3.97. The molecule has 3 rings (SSSR count). The maximum absolute atomic E-state index is 13.3.